The first kappa shape index (κ1) is 18.7. The molecule has 1 unspecified atom stereocenters. The number of hydrogen-bond acceptors (Lipinski definition) is 4. The summed E-state index contributed by atoms with van der Waals surface area (Å²) in [5.41, 5.74) is 0.341. The number of rotatable bonds is 7. The molecule has 1 aromatic heterocycles. The third-order valence-electron chi connectivity index (χ3n) is 3.59. The van der Waals surface area contributed by atoms with E-state index in [0.29, 0.717) is 5.56 Å². The second kappa shape index (κ2) is 7.98. The number of aliphatic hydroxyl groups is 1. The number of hydrogen-bond donors (Lipinski definition) is 2. The van der Waals surface area contributed by atoms with E-state index in [-0.39, 0.29) is 18.6 Å². The van der Waals surface area contributed by atoms with Crippen molar-refractivity contribution in [3.05, 3.63) is 53.9 Å². The molecule has 0 spiro atoms. The van der Waals surface area contributed by atoms with Crippen LogP contribution < -0.4 is 10.1 Å². The quantitative estimate of drug-likeness (QED) is 0.756. The smallest absolute Gasteiger partial charge is 0.244 e. The number of aryl methyl sites for hydroxylation is 1. The standard InChI is InChI=1S/C19H25N3O3/c1-14(2)25-17-7-5-6-15(10-17)8-9-18(23)20-13-19(3,24)16-11-21-22(4)12-16/h5-12,14,24H,13H2,1-4H3,(H,20,23). The van der Waals surface area contributed by atoms with E-state index in [1.807, 2.05) is 38.1 Å². The second-order valence-corrected chi connectivity index (χ2v) is 6.47. The van der Waals surface area contributed by atoms with Gasteiger partial charge in [0.1, 0.15) is 11.4 Å². The van der Waals surface area contributed by atoms with E-state index in [0.717, 1.165) is 11.3 Å². The molecule has 0 radical (unpaired) electrons. The lowest BCUT2D eigenvalue weighted by Gasteiger charge is -2.21. The van der Waals surface area contributed by atoms with Gasteiger partial charge in [-0.3, -0.25) is 9.48 Å². The average molecular weight is 343 g/mol. The van der Waals surface area contributed by atoms with Crippen LogP contribution in [0.25, 0.3) is 6.08 Å². The Morgan fingerprint density at radius 2 is 2.24 bits per heavy atom. The normalized spacial score (nSPS) is 13.8. The number of aromatic nitrogens is 2. The van der Waals surface area contributed by atoms with Crippen LogP contribution >= 0.6 is 0 Å². The van der Waals surface area contributed by atoms with Gasteiger partial charge in [-0.1, -0.05) is 12.1 Å². The zero-order valence-corrected chi connectivity index (χ0v) is 15.1. The zero-order chi connectivity index (χ0) is 18.4. The van der Waals surface area contributed by atoms with E-state index in [4.69, 9.17) is 4.74 Å². The van der Waals surface area contributed by atoms with E-state index in [1.54, 1.807) is 37.1 Å². The zero-order valence-electron chi connectivity index (χ0n) is 15.1. The molecule has 25 heavy (non-hydrogen) atoms. The van der Waals surface area contributed by atoms with E-state index in [1.165, 1.54) is 6.08 Å². The minimum Gasteiger partial charge on any atom is -0.491 e. The third-order valence-corrected chi connectivity index (χ3v) is 3.59. The number of carbonyl (C=O) groups is 1. The second-order valence-electron chi connectivity index (χ2n) is 6.47. The van der Waals surface area contributed by atoms with Crippen LogP contribution in [0.5, 0.6) is 5.75 Å². The van der Waals surface area contributed by atoms with Gasteiger partial charge in [0.05, 0.1) is 18.8 Å². The van der Waals surface area contributed by atoms with Gasteiger partial charge in [-0.2, -0.15) is 5.10 Å². The fourth-order valence-corrected chi connectivity index (χ4v) is 2.26. The van der Waals surface area contributed by atoms with E-state index in [9.17, 15) is 9.90 Å². The lowest BCUT2D eigenvalue weighted by molar-refractivity contribution is -0.117. The number of benzene rings is 1. The minimum atomic E-state index is -1.18. The highest BCUT2D eigenvalue weighted by molar-refractivity contribution is 5.91. The van der Waals surface area contributed by atoms with Crippen LogP contribution in [-0.4, -0.2) is 33.4 Å². The van der Waals surface area contributed by atoms with Crippen LogP contribution in [0.4, 0.5) is 0 Å². The predicted octanol–water partition coefficient (Wildman–Crippen LogP) is 2.24. The molecule has 2 aromatic rings. The van der Waals surface area contributed by atoms with Gasteiger partial charge >= 0.3 is 0 Å². The van der Waals surface area contributed by atoms with Crippen molar-refractivity contribution in [3.8, 4) is 5.75 Å². The first-order valence-corrected chi connectivity index (χ1v) is 8.20. The number of amides is 1. The largest absolute Gasteiger partial charge is 0.491 e. The Labute approximate surface area is 148 Å². The highest BCUT2D eigenvalue weighted by Gasteiger charge is 2.24. The van der Waals surface area contributed by atoms with E-state index >= 15 is 0 Å². The molecule has 134 valence electrons. The predicted molar refractivity (Wildman–Crippen MR) is 97.0 cm³/mol. The summed E-state index contributed by atoms with van der Waals surface area (Å²) in [7, 11) is 1.78. The summed E-state index contributed by atoms with van der Waals surface area (Å²) in [5.74, 6) is 0.483. The molecule has 0 aliphatic rings. The molecule has 1 atom stereocenters. The molecule has 1 heterocycles. The molecule has 0 saturated heterocycles. The molecule has 6 nitrogen and oxygen atoms in total. The van der Waals surface area contributed by atoms with Crippen LogP contribution in [-0.2, 0) is 17.4 Å². The maximum atomic E-state index is 12.0. The van der Waals surface area contributed by atoms with Crippen LogP contribution in [0.1, 0.15) is 31.9 Å². The Morgan fingerprint density at radius 1 is 1.48 bits per heavy atom. The minimum absolute atomic E-state index is 0.0947. The first-order chi connectivity index (χ1) is 11.8. The van der Waals surface area contributed by atoms with Crippen molar-refractivity contribution in [3.63, 3.8) is 0 Å². The summed E-state index contributed by atoms with van der Waals surface area (Å²) >= 11 is 0. The Bertz CT molecular complexity index is 748. The van der Waals surface area contributed by atoms with Crippen LogP contribution in [0.2, 0.25) is 0 Å². The summed E-state index contributed by atoms with van der Waals surface area (Å²) in [6, 6.07) is 7.52. The van der Waals surface area contributed by atoms with Crippen molar-refractivity contribution >= 4 is 12.0 Å². The van der Waals surface area contributed by atoms with Crippen molar-refractivity contribution in [2.24, 2.45) is 7.05 Å². The van der Waals surface area contributed by atoms with Crippen LogP contribution in [0.3, 0.4) is 0 Å². The van der Waals surface area contributed by atoms with Gasteiger partial charge in [0, 0.05) is 24.9 Å². The molecule has 0 aliphatic carbocycles. The van der Waals surface area contributed by atoms with Crippen molar-refractivity contribution in [1.82, 2.24) is 15.1 Å². The lowest BCUT2D eigenvalue weighted by Crippen LogP contribution is -2.37. The molecule has 0 bridgehead atoms. The fraction of sp³-hybridized carbons (Fsp3) is 0.368. The van der Waals surface area contributed by atoms with Gasteiger partial charge in [-0.15, -0.1) is 0 Å². The molecule has 0 fully saturated rings. The molecule has 2 rings (SSSR count). The van der Waals surface area contributed by atoms with Gasteiger partial charge in [-0.05, 0) is 44.5 Å². The van der Waals surface area contributed by atoms with Crippen LogP contribution in [0.15, 0.2) is 42.7 Å². The van der Waals surface area contributed by atoms with E-state index in [2.05, 4.69) is 10.4 Å². The summed E-state index contributed by atoms with van der Waals surface area (Å²) in [5, 5.41) is 17.2. The summed E-state index contributed by atoms with van der Waals surface area (Å²) in [6.45, 7) is 5.66. The number of nitrogens with zero attached hydrogens (tertiary/aromatic N) is 2. The SMILES string of the molecule is CC(C)Oc1cccc(C=CC(=O)NCC(C)(O)c2cnn(C)c2)c1. The highest BCUT2D eigenvalue weighted by Crippen LogP contribution is 2.18. The van der Waals surface area contributed by atoms with Gasteiger partial charge in [0.25, 0.3) is 0 Å². The average Bonchev–Trinajstić information content (AvgIpc) is 2.98. The number of ether oxygens (including phenoxy) is 1. The Kier molecular flexibility index (Phi) is 5.98. The van der Waals surface area contributed by atoms with Crippen molar-refractivity contribution in [2.75, 3.05) is 6.54 Å². The summed E-state index contributed by atoms with van der Waals surface area (Å²) in [6.07, 6.45) is 6.55. The maximum absolute atomic E-state index is 12.0. The van der Waals surface area contributed by atoms with Crippen molar-refractivity contribution < 1.29 is 14.6 Å². The molecule has 0 saturated carbocycles. The van der Waals surface area contributed by atoms with Crippen molar-refractivity contribution in [2.45, 2.75) is 32.5 Å². The van der Waals surface area contributed by atoms with Crippen molar-refractivity contribution in [1.29, 1.82) is 0 Å². The maximum Gasteiger partial charge on any atom is 0.244 e. The Balaban J connectivity index is 1.92. The van der Waals surface area contributed by atoms with Gasteiger partial charge in [0.2, 0.25) is 5.91 Å². The van der Waals surface area contributed by atoms with Gasteiger partial charge < -0.3 is 15.2 Å². The lowest BCUT2D eigenvalue weighted by atomic mass is 10.00. The number of nitrogens with one attached hydrogen (secondary N) is 1. The van der Waals surface area contributed by atoms with Crippen LogP contribution in [0, 0.1) is 0 Å². The molecule has 1 aromatic carbocycles. The molecule has 6 heteroatoms. The highest BCUT2D eigenvalue weighted by atomic mass is 16.5. The van der Waals surface area contributed by atoms with Gasteiger partial charge in [-0.25, -0.2) is 0 Å². The molecular formula is C19H25N3O3. The fourth-order valence-electron chi connectivity index (χ4n) is 2.26. The van der Waals surface area contributed by atoms with E-state index < -0.39 is 5.60 Å². The monoisotopic (exact) mass is 343 g/mol. The molecular weight excluding hydrogens is 318 g/mol. The molecule has 2 N–H and O–H groups in total. The Morgan fingerprint density at radius 3 is 2.88 bits per heavy atom. The first-order valence-electron chi connectivity index (χ1n) is 8.20. The third kappa shape index (κ3) is 5.76. The molecule has 1 amide bonds. The summed E-state index contributed by atoms with van der Waals surface area (Å²) in [4.78, 5) is 12.0. The topological polar surface area (TPSA) is 76.4 Å². The number of carbonyl (C=O) groups excluding carboxylic acids is 1. The summed E-state index contributed by atoms with van der Waals surface area (Å²) < 4.78 is 7.24. The van der Waals surface area contributed by atoms with Gasteiger partial charge in [0.15, 0.2) is 0 Å². The molecule has 0 aliphatic heterocycles. The Hall–Kier alpha value is -2.60.